The second-order valence-electron chi connectivity index (χ2n) is 6.20. The van der Waals surface area contributed by atoms with Crippen molar-refractivity contribution in [3.8, 4) is 0 Å². The molecule has 0 aromatic heterocycles. The Bertz CT molecular complexity index is 617. The number of nitrogens with two attached hydrogens (primary N) is 1. The third-order valence-corrected chi connectivity index (χ3v) is 5.30. The molecule has 0 heterocycles. The Hall–Kier alpha value is -1.59. The first-order valence-electron chi connectivity index (χ1n) is 7.59. The molecule has 1 aromatic rings. The molecule has 4 N–H and O–H groups in total. The number of benzene rings is 1. The molecule has 118 valence electrons. The van der Waals surface area contributed by atoms with Gasteiger partial charge in [0.05, 0.1) is 16.5 Å². The van der Waals surface area contributed by atoms with E-state index in [2.05, 4.69) is 10.6 Å². The molecule has 2 aliphatic rings. The van der Waals surface area contributed by atoms with Gasteiger partial charge in [-0.1, -0.05) is 11.6 Å². The van der Waals surface area contributed by atoms with E-state index in [4.69, 9.17) is 17.3 Å². The molecule has 2 fully saturated rings. The van der Waals surface area contributed by atoms with Crippen LogP contribution < -0.4 is 16.4 Å². The highest BCUT2D eigenvalue weighted by molar-refractivity contribution is 6.34. The molecular weight excluding hydrogens is 302 g/mol. The van der Waals surface area contributed by atoms with Gasteiger partial charge in [0.1, 0.15) is 0 Å². The molecule has 22 heavy (non-hydrogen) atoms. The molecule has 1 aromatic carbocycles. The van der Waals surface area contributed by atoms with E-state index >= 15 is 0 Å². The number of rotatable bonds is 3. The predicted molar refractivity (Wildman–Crippen MR) is 85.8 cm³/mol. The fourth-order valence-electron chi connectivity index (χ4n) is 3.86. The fourth-order valence-corrected chi connectivity index (χ4v) is 4.13. The van der Waals surface area contributed by atoms with E-state index in [1.807, 2.05) is 0 Å². The van der Waals surface area contributed by atoms with Gasteiger partial charge >= 0.3 is 0 Å². The third-order valence-electron chi connectivity index (χ3n) is 4.99. The molecule has 6 heteroatoms. The van der Waals surface area contributed by atoms with Crippen LogP contribution in [0.4, 0.5) is 5.69 Å². The van der Waals surface area contributed by atoms with Crippen molar-refractivity contribution >= 4 is 29.1 Å². The molecule has 2 aliphatic carbocycles. The molecule has 0 aliphatic heterocycles. The number of carbonyl (C=O) groups excluding carboxylic acids is 2. The number of hydrogen-bond acceptors (Lipinski definition) is 3. The molecular formula is C16H20ClN3O2. The minimum absolute atomic E-state index is 0.0385. The van der Waals surface area contributed by atoms with Gasteiger partial charge in [-0.15, -0.1) is 0 Å². The highest BCUT2D eigenvalue weighted by atomic mass is 35.5. The first-order valence-corrected chi connectivity index (χ1v) is 7.97. The lowest BCUT2D eigenvalue weighted by Gasteiger charge is -2.27. The van der Waals surface area contributed by atoms with Gasteiger partial charge < -0.3 is 16.4 Å². The first kappa shape index (κ1) is 15.3. The molecule has 0 spiro atoms. The Labute approximate surface area is 134 Å². The van der Waals surface area contributed by atoms with E-state index in [-0.39, 0.29) is 23.8 Å². The molecule has 0 saturated heterocycles. The molecule has 2 bridgehead atoms. The standard InChI is InChI=1S/C16H20ClN3O2/c1-19-15(21)11-5-4-10(7-12(11)17)20-16(22)13-8-2-3-9(6-8)14(13)18/h4-5,7-9,13-14H,2-3,6,18H2,1H3,(H,19,21)(H,20,22). The Balaban J connectivity index is 1.72. The van der Waals surface area contributed by atoms with Crippen LogP contribution in [0, 0.1) is 17.8 Å². The highest BCUT2D eigenvalue weighted by Gasteiger charge is 2.49. The summed E-state index contributed by atoms with van der Waals surface area (Å²) in [6, 6.07) is 4.85. The molecule has 3 rings (SSSR count). The topological polar surface area (TPSA) is 84.2 Å². The van der Waals surface area contributed by atoms with Gasteiger partial charge in [-0.2, -0.15) is 0 Å². The summed E-state index contributed by atoms with van der Waals surface area (Å²) in [6.07, 6.45) is 3.30. The summed E-state index contributed by atoms with van der Waals surface area (Å²) in [4.78, 5) is 24.1. The lowest BCUT2D eigenvalue weighted by Crippen LogP contribution is -2.42. The van der Waals surface area contributed by atoms with Crippen molar-refractivity contribution in [2.24, 2.45) is 23.5 Å². The summed E-state index contributed by atoms with van der Waals surface area (Å²) in [6.45, 7) is 0. The predicted octanol–water partition coefficient (Wildman–Crippen LogP) is 2.01. The van der Waals surface area contributed by atoms with Gasteiger partial charge in [0.15, 0.2) is 0 Å². The summed E-state index contributed by atoms with van der Waals surface area (Å²) in [5.41, 5.74) is 7.17. The van der Waals surface area contributed by atoms with Gasteiger partial charge in [-0.25, -0.2) is 0 Å². The van der Waals surface area contributed by atoms with Crippen LogP contribution in [-0.4, -0.2) is 24.9 Å². The lowest BCUT2D eigenvalue weighted by molar-refractivity contribution is -0.121. The summed E-state index contributed by atoms with van der Waals surface area (Å²) < 4.78 is 0. The third kappa shape index (κ3) is 2.59. The zero-order valence-electron chi connectivity index (χ0n) is 12.4. The number of nitrogens with one attached hydrogen (secondary N) is 2. The number of halogens is 1. The number of hydrogen-bond donors (Lipinski definition) is 3. The number of amides is 2. The summed E-state index contributed by atoms with van der Waals surface area (Å²) in [5.74, 6) is 0.484. The smallest absolute Gasteiger partial charge is 0.252 e. The maximum atomic E-state index is 12.5. The molecule has 0 radical (unpaired) electrons. The molecule has 4 atom stereocenters. The molecule has 2 amide bonds. The second kappa shape index (κ2) is 5.89. The average molecular weight is 322 g/mol. The van der Waals surface area contributed by atoms with Crippen LogP contribution in [-0.2, 0) is 4.79 Å². The zero-order valence-corrected chi connectivity index (χ0v) is 13.2. The van der Waals surface area contributed by atoms with E-state index in [0.717, 1.165) is 19.3 Å². The van der Waals surface area contributed by atoms with Crippen LogP contribution in [0.1, 0.15) is 29.6 Å². The SMILES string of the molecule is CNC(=O)c1ccc(NC(=O)C2C3CCC(C3)C2N)cc1Cl. The molecule has 4 unspecified atom stereocenters. The van der Waals surface area contributed by atoms with Gasteiger partial charge in [0.25, 0.3) is 5.91 Å². The zero-order chi connectivity index (χ0) is 15.9. The van der Waals surface area contributed by atoms with E-state index in [1.165, 1.54) is 0 Å². The van der Waals surface area contributed by atoms with Gasteiger partial charge in [-0.05, 0) is 49.3 Å². The number of carbonyl (C=O) groups is 2. The maximum absolute atomic E-state index is 12.5. The molecule has 5 nitrogen and oxygen atoms in total. The normalized spacial score (nSPS) is 29.4. The summed E-state index contributed by atoms with van der Waals surface area (Å²) in [7, 11) is 1.55. The van der Waals surface area contributed by atoms with Gasteiger partial charge in [0.2, 0.25) is 5.91 Å². The van der Waals surface area contributed by atoms with Crippen LogP contribution >= 0.6 is 11.6 Å². The largest absolute Gasteiger partial charge is 0.355 e. The Kier molecular flexibility index (Phi) is 4.10. The van der Waals surface area contributed by atoms with E-state index in [9.17, 15) is 9.59 Å². The maximum Gasteiger partial charge on any atom is 0.252 e. The Morgan fingerprint density at radius 3 is 2.59 bits per heavy atom. The number of anilines is 1. The quantitative estimate of drug-likeness (QED) is 0.796. The average Bonchev–Trinajstić information content (AvgIpc) is 3.07. The van der Waals surface area contributed by atoms with Crippen LogP contribution in [0.15, 0.2) is 18.2 Å². The summed E-state index contributed by atoms with van der Waals surface area (Å²) in [5, 5.41) is 5.73. The van der Waals surface area contributed by atoms with Crippen LogP contribution in [0.2, 0.25) is 5.02 Å². The van der Waals surface area contributed by atoms with Crippen molar-refractivity contribution in [2.75, 3.05) is 12.4 Å². The number of fused-ring (bicyclic) bond motifs is 2. The summed E-state index contributed by atoms with van der Waals surface area (Å²) >= 11 is 6.10. The monoisotopic (exact) mass is 321 g/mol. The first-order chi connectivity index (χ1) is 10.5. The van der Waals surface area contributed by atoms with E-state index in [1.54, 1.807) is 25.2 Å². The van der Waals surface area contributed by atoms with E-state index < -0.39 is 0 Å². The van der Waals surface area contributed by atoms with Crippen LogP contribution in [0.5, 0.6) is 0 Å². The van der Waals surface area contributed by atoms with E-state index in [0.29, 0.717) is 28.1 Å². The minimum Gasteiger partial charge on any atom is -0.355 e. The van der Waals surface area contributed by atoms with Crippen molar-refractivity contribution in [2.45, 2.75) is 25.3 Å². The van der Waals surface area contributed by atoms with Crippen molar-refractivity contribution in [3.05, 3.63) is 28.8 Å². The Morgan fingerprint density at radius 2 is 2.00 bits per heavy atom. The van der Waals surface area contributed by atoms with Crippen LogP contribution in [0.25, 0.3) is 0 Å². The fraction of sp³-hybridized carbons (Fsp3) is 0.500. The highest BCUT2D eigenvalue weighted by Crippen LogP contribution is 2.47. The second-order valence-corrected chi connectivity index (χ2v) is 6.61. The van der Waals surface area contributed by atoms with Crippen molar-refractivity contribution in [1.82, 2.24) is 5.32 Å². The lowest BCUT2D eigenvalue weighted by atomic mass is 9.84. The van der Waals surface area contributed by atoms with Crippen molar-refractivity contribution in [3.63, 3.8) is 0 Å². The Morgan fingerprint density at radius 1 is 1.27 bits per heavy atom. The van der Waals surface area contributed by atoms with Gasteiger partial charge in [-0.3, -0.25) is 9.59 Å². The molecule has 2 saturated carbocycles. The van der Waals surface area contributed by atoms with Gasteiger partial charge in [0, 0.05) is 18.8 Å². The van der Waals surface area contributed by atoms with Crippen LogP contribution in [0.3, 0.4) is 0 Å². The minimum atomic E-state index is -0.252. The van der Waals surface area contributed by atoms with Crippen molar-refractivity contribution in [1.29, 1.82) is 0 Å². The van der Waals surface area contributed by atoms with Crippen molar-refractivity contribution < 1.29 is 9.59 Å².